The summed E-state index contributed by atoms with van der Waals surface area (Å²) in [6.45, 7) is -0.305. The van der Waals surface area contributed by atoms with Gasteiger partial charge in [0.2, 0.25) is 0 Å². The fraction of sp³-hybridized carbons (Fsp3) is 0.462. The lowest BCUT2D eigenvalue weighted by molar-refractivity contribution is -0.0560. The van der Waals surface area contributed by atoms with Crippen molar-refractivity contribution in [2.75, 3.05) is 18.9 Å². The number of nitrogens with two attached hydrogens (primary N) is 1. The molecule has 0 radical (unpaired) electrons. The number of nitrogens with zero attached hydrogens (tertiary/aromatic N) is 4. The van der Waals surface area contributed by atoms with Crippen molar-refractivity contribution in [3.63, 3.8) is 0 Å². The van der Waals surface area contributed by atoms with E-state index in [2.05, 4.69) is 20.9 Å². The Balaban J connectivity index is 1.94. The van der Waals surface area contributed by atoms with E-state index < -0.39 is 24.5 Å². The monoisotopic (exact) mass is 305 g/mol. The van der Waals surface area contributed by atoms with Crippen LogP contribution in [0.1, 0.15) is 6.23 Å². The van der Waals surface area contributed by atoms with Crippen molar-refractivity contribution in [1.82, 2.24) is 19.5 Å². The van der Waals surface area contributed by atoms with Crippen LogP contribution in [0.2, 0.25) is 0 Å². The molecule has 2 aromatic heterocycles. The molecule has 1 unspecified atom stereocenters. The fourth-order valence-corrected chi connectivity index (χ4v) is 2.50. The molecule has 3 rings (SSSR count). The zero-order valence-electron chi connectivity index (χ0n) is 11.5. The Hall–Kier alpha value is -2.25. The van der Waals surface area contributed by atoms with Crippen molar-refractivity contribution in [2.45, 2.75) is 24.5 Å². The van der Waals surface area contributed by atoms with Gasteiger partial charge in [-0.05, 0) is 0 Å². The molecule has 4 N–H and O–H groups in total. The van der Waals surface area contributed by atoms with E-state index in [9.17, 15) is 10.2 Å². The van der Waals surface area contributed by atoms with Gasteiger partial charge in [-0.2, -0.15) is 0 Å². The normalized spacial score (nSPS) is 28.0. The number of rotatable bonds is 4. The lowest BCUT2D eigenvalue weighted by Gasteiger charge is -2.18. The van der Waals surface area contributed by atoms with Crippen LogP contribution in [0.5, 0.6) is 0 Å². The van der Waals surface area contributed by atoms with Gasteiger partial charge < -0.3 is 25.4 Å². The van der Waals surface area contributed by atoms with Gasteiger partial charge in [0, 0.05) is 0 Å². The quantitative estimate of drug-likeness (QED) is 0.593. The number of hydrogen-bond acceptors (Lipinski definition) is 8. The maximum absolute atomic E-state index is 10.4. The Bertz CT molecular complexity index is 712. The van der Waals surface area contributed by atoms with Gasteiger partial charge in [0.25, 0.3) is 0 Å². The minimum Gasteiger partial charge on any atom is -0.394 e. The van der Waals surface area contributed by atoms with Crippen molar-refractivity contribution >= 4 is 17.0 Å². The predicted octanol–water partition coefficient (Wildman–Crippen LogP) is -1.32. The van der Waals surface area contributed by atoms with Gasteiger partial charge in [0.15, 0.2) is 17.7 Å². The Kier molecular flexibility index (Phi) is 3.91. The van der Waals surface area contributed by atoms with Crippen molar-refractivity contribution < 1.29 is 19.7 Å². The van der Waals surface area contributed by atoms with E-state index in [-0.39, 0.29) is 19.0 Å². The number of anilines is 1. The van der Waals surface area contributed by atoms with Gasteiger partial charge in [-0.3, -0.25) is 4.57 Å². The summed E-state index contributed by atoms with van der Waals surface area (Å²) < 4.78 is 12.6. The number of ether oxygens (including phenoxy) is 2. The summed E-state index contributed by atoms with van der Waals surface area (Å²) in [7, 11) is 0. The maximum Gasteiger partial charge on any atom is 0.167 e. The molecule has 0 aromatic carbocycles. The smallest absolute Gasteiger partial charge is 0.167 e. The second-order valence-electron chi connectivity index (χ2n) is 4.80. The lowest BCUT2D eigenvalue weighted by Crippen LogP contribution is -2.36. The Morgan fingerprint density at radius 1 is 1.45 bits per heavy atom. The van der Waals surface area contributed by atoms with Crippen LogP contribution in [-0.2, 0) is 9.47 Å². The van der Waals surface area contributed by atoms with E-state index in [0.29, 0.717) is 11.2 Å². The summed E-state index contributed by atoms with van der Waals surface area (Å²) in [6.07, 6.45) is 4.58. The zero-order valence-corrected chi connectivity index (χ0v) is 11.5. The van der Waals surface area contributed by atoms with Crippen molar-refractivity contribution in [2.24, 2.45) is 0 Å². The van der Waals surface area contributed by atoms with Crippen LogP contribution < -0.4 is 5.73 Å². The molecule has 1 aliphatic rings. The van der Waals surface area contributed by atoms with Crippen LogP contribution in [0.3, 0.4) is 0 Å². The molecule has 1 aliphatic heterocycles. The van der Waals surface area contributed by atoms with Crippen LogP contribution in [0.4, 0.5) is 5.82 Å². The number of imidazole rings is 1. The van der Waals surface area contributed by atoms with E-state index in [1.165, 1.54) is 17.2 Å². The van der Waals surface area contributed by atoms with Crippen molar-refractivity contribution in [3.05, 3.63) is 12.7 Å². The van der Waals surface area contributed by atoms with Crippen LogP contribution in [0.25, 0.3) is 11.2 Å². The highest BCUT2D eigenvalue weighted by Gasteiger charge is 2.45. The highest BCUT2D eigenvalue weighted by molar-refractivity contribution is 5.81. The standard InChI is InChI=1S/C13H15N5O4/c1-2-3-21-10-7(4-19)22-13(9(10)20)18-6-17-8-11(14)15-5-16-12(8)18/h1,5-7,9-10,13,19-20H,3-4H2,(H2,14,15,16)/t7-,9+,10?,13-/m1/s1. The number of aromatic nitrogens is 4. The molecular weight excluding hydrogens is 290 g/mol. The molecule has 116 valence electrons. The highest BCUT2D eigenvalue weighted by atomic mass is 16.6. The number of terminal acetylenes is 1. The Labute approximate surface area is 125 Å². The van der Waals surface area contributed by atoms with Gasteiger partial charge in [-0.1, -0.05) is 5.92 Å². The summed E-state index contributed by atoms with van der Waals surface area (Å²) in [5.41, 5.74) is 6.56. The van der Waals surface area contributed by atoms with Crippen LogP contribution in [-0.4, -0.2) is 61.3 Å². The highest BCUT2D eigenvalue weighted by Crippen LogP contribution is 2.33. The summed E-state index contributed by atoms with van der Waals surface area (Å²) in [6, 6.07) is 0. The molecule has 0 spiro atoms. The first-order chi connectivity index (χ1) is 10.7. The fourth-order valence-electron chi connectivity index (χ4n) is 2.50. The molecular formula is C13H15N5O4. The molecule has 0 aliphatic carbocycles. The summed E-state index contributed by atoms with van der Waals surface area (Å²) in [4.78, 5) is 12.1. The van der Waals surface area contributed by atoms with Crippen molar-refractivity contribution in [1.29, 1.82) is 0 Å². The summed E-state index contributed by atoms with van der Waals surface area (Å²) in [5.74, 6) is 2.55. The predicted molar refractivity (Wildman–Crippen MR) is 75.3 cm³/mol. The number of nitrogen functional groups attached to an aromatic ring is 1. The van der Waals surface area contributed by atoms with Crippen LogP contribution in [0.15, 0.2) is 12.7 Å². The first-order valence-electron chi connectivity index (χ1n) is 6.59. The largest absolute Gasteiger partial charge is 0.394 e. The SMILES string of the molecule is C#CCOC1[C@@H](CO)O[C@@H](n2cnc3c(N)ncnc32)[C@H]1O. The number of hydrogen-bond donors (Lipinski definition) is 3. The van der Waals surface area contributed by atoms with E-state index in [1.807, 2.05) is 0 Å². The minimum atomic E-state index is -1.04. The first-order valence-corrected chi connectivity index (χ1v) is 6.59. The van der Waals surface area contributed by atoms with Crippen LogP contribution >= 0.6 is 0 Å². The molecule has 2 aromatic rings. The average molecular weight is 305 g/mol. The van der Waals surface area contributed by atoms with Gasteiger partial charge in [-0.25, -0.2) is 15.0 Å². The maximum atomic E-state index is 10.4. The molecule has 4 atom stereocenters. The molecule has 1 fully saturated rings. The van der Waals surface area contributed by atoms with Crippen molar-refractivity contribution in [3.8, 4) is 12.3 Å². The summed E-state index contributed by atoms with van der Waals surface area (Å²) >= 11 is 0. The average Bonchev–Trinajstić information content (AvgIpc) is 3.07. The first kappa shape index (κ1) is 14.7. The van der Waals surface area contributed by atoms with E-state index >= 15 is 0 Å². The Morgan fingerprint density at radius 3 is 3.00 bits per heavy atom. The van der Waals surface area contributed by atoms with Gasteiger partial charge >= 0.3 is 0 Å². The molecule has 1 saturated heterocycles. The lowest BCUT2D eigenvalue weighted by atomic mass is 10.1. The third kappa shape index (κ3) is 2.28. The molecule has 0 amide bonds. The van der Waals surface area contributed by atoms with Crippen LogP contribution in [0, 0.1) is 12.3 Å². The second kappa shape index (κ2) is 5.86. The number of aliphatic hydroxyl groups excluding tert-OH is 2. The second-order valence-corrected chi connectivity index (χ2v) is 4.80. The molecule has 9 nitrogen and oxygen atoms in total. The zero-order chi connectivity index (χ0) is 15.7. The van der Waals surface area contributed by atoms with E-state index in [1.54, 1.807) is 0 Å². The third-order valence-corrected chi connectivity index (χ3v) is 3.51. The molecule has 0 bridgehead atoms. The molecule has 9 heteroatoms. The molecule has 3 heterocycles. The molecule has 22 heavy (non-hydrogen) atoms. The molecule has 0 saturated carbocycles. The minimum absolute atomic E-state index is 0.00804. The van der Waals surface area contributed by atoms with Gasteiger partial charge in [0.1, 0.15) is 36.8 Å². The number of aliphatic hydroxyl groups is 2. The topological polar surface area (TPSA) is 129 Å². The third-order valence-electron chi connectivity index (χ3n) is 3.51. The number of fused-ring (bicyclic) bond motifs is 1. The van der Waals surface area contributed by atoms with Gasteiger partial charge in [0.05, 0.1) is 12.9 Å². The van der Waals surface area contributed by atoms with Gasteiger partial charge in [-0.15, -0.1) is 6.42 Å². The van der Waals surface area contributed by atoms with E-state index in [4.69, 9.17) is 21.6 Å². The van der Waals surface area contributed by atoms with E-state index in [0.717, 1.165) is 0 Å². The summed E-state index contributed by atoms with van der Waals surface area (Å²) in [5, 5.41) is 19.8. The Morgan fingerprint density at radius 2 is 2.27 bits per heavy atom.